The van der Waals surface area contributed by atoms with Crippen molar-refractivity contribution in [1.29, 1.82) is 0 Å². The molecule has 14 heavy (non-hydrogen) atoms. The molecule has 4 heteroatoms. The average molecular weight is 226 g/mol. The van der Waals surface area contributed by atoms with Gasteiger partial charge in [-0.3, -0.25) is 0 Å². The second-order valence-corrected chi connectivity index (χ2v) is 3.96. The van der Waals surface area contributed by atoms with Crippen molar-refractivity contribution in [2.24, 2.45) is 0 Å². The van der Waals surface area contributed by atoms with Crippen molar-refractivity contribution in [3.8, 4) is 11.8 Å². The fourth-order valence-electron chi connectivity index (χ4n) is 0.821. The van der Waals surface area contributed by atoms with Gasteiger partial charge in [0.25, 0.3) is 0 Å². The zero-order valence-electron chi connectivity index (χ0n) is 7.74. The van der Waals surface area contributed by atoms with E-state index in [0.29, 0.717) is 4.88 Å². The highest BCUT2D eigenvalue weighted by molar-refractivity contribution is 7.80. The summed E-state index contributed by atoms with van der Waals surface area (Å²) in [5.74, 6) is 6.35. The summed E-state index contributed by atoms with van der Waals surface area (Å²) in [5, 5.41) is 0. The Bertz CT molecular complexity index is 371. The molecule has 0 aliphatic rings. The number of rotatable bonds is 2. The first-order valence-corrected chi connectivity index (χ1v) is 5.50. The normalized spacial score (nSPS) is 9.00. The summed E-state index contributed by atoms with van der Waals surface area (Å²) in [4.78, 5) is 12.6. The van der Waals surface area contributed by atoms with Crippen LogP contribution in [0.15, 0.2) is 12.1 Å². The summed E-state index contributed by atoms with van der Waals surface area (Å²) in [7, 11) is 1.37. The lowest BCUT2D eigenvalue weighted by molar-refractivity contribution is 0.0606. The maximum Gasteiger partial charge on any atom is 0.348 e. The molecule has 0 N–H and O–H groups in total. The van der Waals surface area contributed by atoms with E-state index < -0.39 is 0 Å². The monoisotopic (exact) mass is 226 g/mol. The van der Waals surface area contributed by atoms with Crippen LogP contribution in [0.3, 0.4) is 0 Å². The number of carbonyl (C=O) groups excluding carboxylic acids is 1. The summed E-state index contributed by atoms with van der Waals surface area (Å²) in [6, 6.07) is 3.55. The summed E-state index contributed by atoms with van der Waals surface area (Å²) < 4.78 is 4.59. The Balaban J connectivity index is 2.70. The minimum atomic E-state index is -0.308. The van der Waals surface area contributed by atoms with Crippen molar-refractivity contribution in [2.45, 2.75) is 6.42 Å². The molecule has 0 bridgehead atoms. The smallest absolute Gasteiger partial charge is 0.348 e. The topological polar surface area (TPSA) is 26.3 Å². The third-order valence-corrected chi connectivity index (χ3v) is 2.65. The van der Waals surface area contributed by atoms with Crippen LogP contribution >= 0.6 is 24.0 Å². The van der Waals surface area contributed by atoms with E-state index >= 15 is 0 Å². The lowest BCUT2D eigenvalue weighted by Crippen LogP contribution is -1.96. The van der Waals surface area contributed by atoms with E-state index in [1.165, 1.54) is 18.4 Å². The standard InChI is InChI=1S/C10H10O2S2/c1-12-10(11)9-6-5-8(14-9)4-2-3-7-13/h5-6,13H,3,7H2,1H3. The first-order chi connectivity index (χ1) is 6.77. The molecule has 0 unspecified atom stereocenters. The Morgan fingerprint density at radius 2 is 2.43 bits per heavy atom. The molecule has 0 saturated carbocycles. The van der Waals surface area contributed by atoms with Crippen LogP contribution in [0.4, 0.5) is 0 Å². The summed E-state index contributed by atoms with van der Waals surface area (Å²) in [6.07, 6.45) is 0.759. The third-order valence-electron chi connectivity index (χ3n) is 1.44. The second kappa shape index (κ2) is 5.74. The number of esters is 1. The predicted molar refractivity (Wildman–Crippen MR) is 61.0 cm³/mol. The molecule has 0 aliphatic carbocycles. The summed E-state index contributed by atoms with van der Waals surface area (Å²) >= 11 is 5.39. The molecule has 0 spiro atoms. The van der Waals surface area contributed by atoms with Crippen molar-refractivity contribution in [3.63, 3.8) is 0 Å². The van der Waals surface area contributed by atoms with Crippen molar-refractivity contribution >= 4 is 29.9 Å². The average Bonchev–Trinajstić information content (AvgIpc) is 2.66. The highest BCUT2D eigenvalue weighted by atomic mass is 32.1. The fourth-order valence-corrected chi connectivity index (χ4v) is 1.73. The lowest BCUT2D eigenvalue weighted by Gasteiger charge is -1.90. The molecule has 1 rings (SSSR count). The molecule has 0 radical (unpaired) electrons. The number of methoxy groups -OCH3 is 1. The van der Waals surface area contributed by atoms with Crippen molar-refractivity contribution < 1.29 is 9.53 Å². The second-order valence-electron chi connectivity index (χ2n) is 2.43. The number of hydrogen-bond donors (Lipinski definition) is 1. The zero-order chi connectivity index (χ0) is 10.4. The van der Waals surface area contributed by atoms with Gasteiger partial charge in [-0.15, -0.1) is 11.3 Å². The van der Waals surface area contributed by atoms with Gasteiger partial charge in [-0.2, -0.15) is 12.6 Å². The Kier molecular flexibility index (Phi) is 4.57. The van der Waals surface area contributed by atoms with E-state index in [0.717, 1.165) is 17.1 Å². The molecule has 0 aromatic carbocycles. The molecule has 74 valence electrons. The number of hydrogen-bond acceptors (Lipinski definition) is 4. The molecule has 2 nitrogen and oxygen atoms in total. The zero-order valence-corrected chi connectivity index (χ0v) is 9.45. The van der Waals surface area contributed by atoms with Gasteiger partial charge in [-0.05, 0) is 12.1 Å². The quantitative estimate of drug-likeness (QED) is 0.475. The van der Waals surface area contributed by atoms with Crippen LogP contribution < -0.4 is 0 Å². The summed E-state index contributed by atoms with van der Waals surface area (Å²) in [6.45, 7) is 0. The molecule has 1 aromatic rings. The number of thiol groups is 1. The van der Waals surface area contributed by atoms with Crippen LogP contribution in [0.5, 0.6) is 0 Å². The van der Waals surface area contributed by atoms with Crippen molar-refractivity contribution in [2.75, 3.05) is 12.9 Å². The number of thiophene rings is 1. The van der Waals surface area contributed by atoms with Crippen LogP contribution in [-0.4, -0.2) is 18.8 Å². The minimum absolute atomic E-state index is 0.308. The van der Waals surface area contributed by atoms with E-state index in [2.05, 4.69) is 29.2 Å². The largest absolute Gasteiger partial charge is 0.465 e. The molecular formula is C10H10O2S2. The van der Waals surface area contributed by atoms with E-state index in [9.17, 15) is 4.79 Å². The maximum atomic E-state index is 11.1. The molecule has 1 heterocycles. The predicted octanol–water partition coefficient (Wildman–Crippen LogP) is 2.21. The van der Waals surface area contributed by atoms with Crippen LogP contribution in [0.1, 0.15) is 21.0 Å². The van der Waals surface area contributed by atoms with E-state index in [1.807, 2.05) is 6.07 Å². The SMILES string of the molecule is COC(=O)c1ccc(C#CCCS)s1. The van der Waals surface area contributed by atoms with Gasteiger partial charge in [0.2, 0.25) is 0 Å². The molecule has 0 fully saturated rings. The molecule has 0 aliphatic heterocycles. The third kappa shape index (κ3) is 3.09. The van der Waals surface area contributed by atoms with Gasteiger partial charge >= 0.3 is 5.97 Å². The van der Waals surface area contributed by atoms with Crippen LogP contribution in [0.25, 0.3) is 0 Å². The molecule has 0 amide bonds. The fraction of sp³-hybridized carbons (Fsp3) is 0.300. The van der Waals surface area contributed by atoms with Crippen LogP contribution in [0.2, 0.25) is 0 Å². The maximum absolute atomic E-state index is 11.1. The van der Waals surface area contributed by atoms with Gasteiger partial charge in [0, 0.05) is 12.2 Å². The van der Waals surface area contributed by atoms with E-state index in [4.69, 9.17) is 0 Å². The van der Waals surface area contributed by atoms with Gasteiger partial charge in [-0.25, -0.2) is 4.79 Å². The van der Waals surface area contributed by atoms with Crippen molar-refractivity contribution in [3.05, 3.63) is 21.9 Å². The highest BCUT2D eigenvalue weighted by Gasteiger charge is 2.07. The first kappa shape index (κ1) is 11.2. The Labute approximate surface area is 92.7 Å². The van der Waals surface area contributed by atoms with Gasteiger partial charge in [-0.1, -0.05) is 11.8 Å². The molecule has 0 atom stereocenters. The molecular weight excluding hydrogens is 216 g/mol. The lowest BCUT2D eigenvalue weighted by atomic mass is 10.4. The number of ether oxygens (including phenoxy) is 1. The van der Waals surface area contributed by atoms with Gasteiger partial charge in [0.1, 0.15) is 4.88 Å². The Morgan fingerprint density at radius 3 is 3.07 bits per heavy atom. The van der Waals surface area contributed by atoms with Crippen LogP contribution in [-0.2, 0) is 4.74 Å². The van der Waals surface area contributed by atoms with E-state index in [-0.39, 0.29) is 5.97 Å². The molecule has 0 saturated heterocycles. The number of carbonyl (C=O) groups is 1. The first-order valence-electron chi connectivity index (χ1n) is 4.06. The highest BCUT2D eigenvalue weighted by Crippen LogP contribution is 2.15. The minimum Gasteiger partial charge on any atom is -0.465 e. The van der Waals surface area contributed by atoms with Crippen molar-refractivity contribution in [1.82, 2.24) is 0 Å². The van der Waals surface area contributed by atoms with E-state index in [1.54, 1.807) is 6.07 Å². The molecule has 1 aromatic heterocycles. The van der Waals surface area contributed by atoms with Gasteiger partial charge < -0.3 is 4.74 Å². The Hall–Kier alpha value is -0.920. The van der Waals surface area contributed by atoms with Gasteiger partial charge in [0.15, 0.2) is 0 Å². The Morgan fingerprint density at radius 1 is 1.64 bits per heavy atom. The van der Waals surface area contributed by atoms with Crippen LogP contribution in [0, 0.1) is 11.8 Å². The van der Waals surface area contributed by atoms with Gasteiger partial charge in [0.05, 0.1) is 12.0 Å². The summed E-state index contributed by atoms with van der Waals surface area (Å²) in [5.41, 5.74) is 0.